The molecule has 0 bridgehead atoms. The Kier molecular flexibility index (Phi) is 3.00. The SMILES string of the molecule is C=C(F)[C@H](OC)c1ccccc1. The van der Waals surface area contributed by atoms with Crippen LogP contribution in [0.15, 0.2) is 42.7 Å². The van der Waals surface area contributed by atoms with Crippen LogP contribution in [0.2, 0.25) is 0 Å². The van der Waals surface area contributed by atoms with E-state index in [0.29, 0.717) is 0 Å². The fourth-order valence-corrected chi connectivity index (χ4v) is 1.07. The number of hydrogen-bond donors (Lipinski definition) is 0. The maximum atomic E-state index is 12.7. The van der Waals surface area contributed by atoms with E-state index in [1.165, 1.54) is 7.11 Å². The van der Waals surface area contributed by atoms with Crippen LogP contribution in [0, 0.1) is 0 Å². The minimum atomic E-state index is -0.633. The molecule has 64 valence electrons. The van der Waals surface area contributed by atoms with Gasteiger partial charge in [0.05, 0.1) is 0 Å². The van der Waals surface area contributed by atoms with Crippen molar-refractivity contribution in [1.29, 1.82) is 0 Å². The summed E-state index contributed by atoms with van der Waals surface area (Å²) in [7, 11) is 1.46. The molecule has 0 saturated carbocycles. The molecule has 0 spiro atoms. The van der Waals surface area contributed by atoms with E-state index in [9.17, 15) is 4.39 Å². The molecule has 2 heteroatoms. The van der Waals surface area contributed by atoms with Gasteiger partial charge in [-0.25, -0.2) is 4.39 Å². The average Bonchev–Trinajstić information content (AvgIpc) is 2.07. The van der Waals surface area contributed by atoms with E-state index in [-0.39, 0.29) is 0 Å². The summed E-state index contributed by atoms with van der Waals surface area (Å²) in [4.78, 5) is 0. The summed E-state index contributed by atoms with van der Waals surface area (Å²) in [5, 5.41) is 0. The van der Waals surface area contributed by atoms with Gasteiger partial charge >= 0.3 is 0 Å². The van der Waals surface area contributed by atoms with Crippen molar-refractivity contribution in [2.45, 2.75) is 6.10 Å². The van der Waals surface area contributed by atoms with Crippen molar-refractivity contribution in [1.82, 2.24) is 0 Å². The molecule has 0 N–H and O–H groups in total. The van der Waals surface area contributed by atoms with Gasteiger partial charge in [0, 0.05) is 7.11 Å². The lowest BCUT2D eigenvalue weighted by molar-refractivity contribution is 0.114. The monoisotopic (exact) mass is 166 g/mol. The summed E-state index contributed by atoms with van der Waals surface area (Å²) in [6, 6.07) is 9.16. The molecule has 0 heterocycles. The Labute approximate surface area is 71.5 Å². The summed E-state index contributed by atoms with van der Waals surface area (Å²) in [5.41, 5.74) is 0.785. The fraction of sp³-hybridized carbons (Fsp3) is 0.200. The highest BCUT2D eigenvalue weighted by atomic mass is 19.1. The second-order valence-electron chi connectivity index (χ2n) is 2.47. The van der Waals surface area contributed by atoms with Crippen LogP contribution in [-0.4, -0.2) is 7.11 Å². The lowest BCUT2D eigenvalue weighted by Crippen LogP contribution is -2.00. The number of ether oxygens (including phenoxy) is 1. The number of methoxy groups -OCH3 is 1. The zero-order chi connectivity index (χ0) is 8.97. The highest BCUT2D eigenvalue weighted by Gasteiger charge is 2.12. The predicted molar refractivity (Wildman–Crippen MR) is 46.4 cm³/mol. The third-order valence-corrected chi connectivity index (χ3v) is 1.62. The molecule has 1 aromatic carbocycles. The van der Waals surface area contributed by atoms with Gasteiger partial charge in [-0.3, -0.25) is 0 Å². The highest BCUT2D eigenvalue weighted by Crippen LogP contribution is 2.23. The van der Waals surface area contributed by atoms with Gasteiger partial charge in [-0.15, -0.1) is 0 Å². The minimum Gasteiger partial charge on any atom is -0.370 e. The maximum Gasteiger partial charge on any atom is 0.133 e. The minimum absolute atomic E-state index is 0.469. The van der Waals surface area contributed by atoms with Crippen LogP contribution < -0.4 is 0 Å². The Morgan fingerprint density at radius 2 is 2.00 bits per heavy atom. The van der Waals surface area contributed by atoms with E-state index in [4.69, 9.17) is 4.74 Å². The van der Waals surface area contributed by atoms with Crippen LogP contribution in [0.1, 0.15) is 11.7 Å². The summed E-state index contributed by atoms with van der Waals surface area (Å²) in [6.45, 7) is 3.21. The van der Waals surface area contributed by atoms with E-state index in [1.54, 1.807) is 12.1 Å². The van der Waals surface area contributed by atoms with Crippen molar-refractivity contribution < 1.29 is 9.13 Å². The standard InChI is InChI=1S/C10H11FO/c1-8(11)10(12-2)9-6-4-3-5-7-9/h3-7,10H,1H2,2H3/t10-/m0/s1. The van der Waals surface area contributed by atoms with Gasteiger partial charge in [-0.2, -0.15) is 0 Å². The normalized spacial score (nSPS) is 12.5. The molecule has 0 amide bonds. The molecule has 0 aliphatic rings. The zero-order valence-electron chi connectivity index (χ0n) is 6.96. The summed E-state index contributed by atoms with van der Waals surface area (Å²) < 4.78 is 17.7. The van der Waals surface area contributed by atoms with Gasteiger partial charge in [0.1, 0.15) is 11.9 Å². The van der Waals surface area contributed by atoms with Crippen LogP contribution in [0.5, 0.6) is 0 Å². The fourth-order valence-electron chi connectivity index (χ4n) is 1.07. The first kappa shape index (κ1) is 8.94. The van der Waals surface area contributed by atoms with Crippen molar-refractivity contribution in [3.05, 3.63) is 48.3 Å². The lowest BCUT2D eigenvalue weighted by atomic mass is 10.1. The first-order chi connectivity index (χ1) is 5.75. The molecule has 0 aromatic heterocycles. The smallest absolute Gasteiger partial charge is 0.133 e. The average molecular weight is 166 g/mol. The number of halogens is 1. The summed E-state index contributed by atoms with van der Waals surface area (Å²) in [6.07, 6.45) is -0.633. The molecule has 0 fully saturated rings. The van der Waals surface area contributed by atoms with Crippen molar-refractivity contribution in [2.75, 3.05) is 7.11 Å². The molecule has 1 rings (SSSR count). The first-order valence-corrected chi connectivity index (χ1v) is 3.67. The van der Waals surface area contributed by atoms with E-state index >= 15 is 0 Å². The molecular weight excluding hydrogens is 155 g/mol. The van der Waals surface area contributed by atoms with Crippen LogP contribution in [-0.2, 0) is 4.74 Å². The van der Waals surface area contributed by atoms with Crippen LogP contribution in [0.4, 0.5) is 4.39 Å². The van der Waals surface area contributed by atoms with Crippen molar-refractivity contribution in [2.24, 2.45) is 0 Å². The number of hydrogen-bond acceptors (Lipinski definition) is 1. The number of rotatable bonds is 3. The van der Waals surface area contributed by atoms with Gasteiger partial charge in [-0.05, 0) is 5.56 Å². The largest absolute Gasteiger partial charge is 0.370 e. The molecule has 1 nitrogen and oxygen atoms in total. The Hall–Kier alpha value is -1.15. The third-order valence-electron chi connectivity index (χ3n) is 1.62. The second-order valence-corrected chi connectivity index (χ2v) is 2.47. The zero-order valence-corrected chi connectivity index (χ0v) is 6.96. The molecule has 0 unspecified atom stereocenters. The van der Waals surface area contributed by atoms with E-state index in [1.807, 2.05) is 18.2 Å². The van der Waals surface area contributed by atoms with Crippen molar-refractivity contribution in [3.63, 3.8) is 0 Å². The van der Waals surface area contributed by atoms with Crippen LogP contribution >= 0.6 is 0 Å². The quantitative estimate of drug-likeness (QED) is 0.670. The van der Waals surface area contributed by atoms with Crippen LogP contribution in [0.3, 0.4) is 0 Å². The molecular formula is C10H11FO. The molecule has 1 atom stereocenters. The molecule has 0 saturated heterocycles. The lowest BCUT2D eigenvalue weighted by Gasteiger charge is -2.12. The van der Waals surface area contributed by atoms with E-state index in [0.717, 1.165) is 5.56 Å². The van der Waals surface area contributed by atoms with Gasteiger partial charge in [-0.1, -0.05) is 36.9 Å². The summed E-state index contributed by atoms with van der Waals surface area (Å²) >= 11 is 0. The highest BCUT2D eigenvalue weighted by molar-refractivity contribution is 5.22. The number of benzene rings is 1. The van der Waals surface area contributed by atoms with E-state index < -0.39 is 11.9 Å². The third kappa shape index (κ3) is 1.92. The summed E-state index contributed by atoms with van der Waals surface area (Å²) in [5.74, 6) is -0.469. The maximum absolute atomic E-state index is 12.7. The van der Waals surface area contributed by atoms with Gasteiger partial charge < -0.3 is 4.74 Å². The van der Waals surface area contributed by atoms with Gasteiger partial charge in [0.25, 0.3) is 0 Å². The first-order valence-electron chi connectivity index (χ1n) is 3.67. The Balaban J connectivity index is 2.88. The van der Waals surface area contributed by atoms with Crippen LogP contribution in [0.25, 0.3) is 0 Å². The van der Waals surface area contributed by atoms with Crippen molar-refractivity contribution >= 4 is 0 Å². The van der Waals surface area contributed by atoms with Crippen molar-refractivity contribution in [3.8, 4) is 0 Å². The van der Waals surface area contributed by atoms with Gasteiger partial charge in [0.15, 0.2) is 0 Å². The molecule has 0 aliphatic carbocycles. The Bertz CT molecular complexity index is 256. The molecule has 0 radical (unpaired) electrons. The Morgan fingerprint density at radius 1 is 1.42 bits per heavy atom. The Morgan fingerprint density at radius 3 is 2.42 bits per heavy atom. The molecule has 0 aliphatic heterocycles. The molecule has 12 heavy (non-hydrogen) atoms. The topological polar surface area (TPSA) is 9.23 Å². The second kappa shape index (κ2) is 4.02. The van der Waals surface area contributed by atoms with Gasteiger partial charge in [0.2, 0.25) is 0 Å². The molecule has 1 aromatic rings. The predicted octanol–water partition coefficient (Wildman–Crippen LogP) is 2.86. The van der Waals surface area contributed by atoms with E-state index in [2.05, 4.69) is 6.58 Å².